The molecule has 0 saturated carbocycles. The molecule has 2 aromatic carbocycles. The summed E-state index contributed by atoms with van der Waals surface area (Å²) >= 11 is 17.7. The number of nitrogens with one attached hydrogen (secondary N) is 2. The van der Waals surface area contributed by atoms with Gasteiger partial charge in [-0.25, -0.2) is 0 Å². The van der Waals surface area contributed by atoms with Gasteiger partial charge >= 0.3 is 0 Å². The molecule has 0 heterocycles. The van der Waals surface area contributed by atoms with E-state index in [-0.39, 0.29) is 5.91 Å². The van der Waals surface area contributed by atoms with Crippen molar-refractivity contribution in [3.8, 4) is 0 Å². The highest BCUT2D eigenvalue weighted by Crippen LogP contribution is 2.24. The van der Waals surface area contributed by atoms with Gasteiger partial charge in [0, 0.05) is 30.2 Å². The van der Waals surface area contributed by atoms with Crippen LogP contribution in [0.3, 0.4) is 0 Å². The van der Waals surface area contributed by atoms with Gasteiger partial charge in [0.15, 0.2) is 0 Å². The average Bonchev–Trinajstić information content (AvgIpc) is 2.51. The molecule has 0 unspecified atom stereocenters. The summed E-state index contributed by atoms with van der Waals surface area (Å²) in [6, 6.07) is 12.9. The molecule has 3 nitrogen and oxygen atoms in total. The lowest BCUT2D eigenvalue weighted by Gasteiger charge is -2.08. The molecule has 0 spiro atoms. The maximum absolute atomic E-state index is 11.8. The summed E-state index contributed by atoms with van der Waals surface area (Å²) in [4.78, 5) is 11.8. The van der Waals surface area contributed by atoms with E-state index in [4.69, 9.17) is 34.8 Å². The Morgan fingerprint density at radius 1 is 0.957 bits per heavy atom. The van der Waals surface area contributed by atoms with E-state index >= 15 is 0 Å². The van der Waals surface area contributed by atoms with Crippen molar-refractivity contribution in [2.24, 2.45) is 0 Å². The quantitative estimate of drug-likeness (QED) is 0.733. The van der Waals surface area contributed by atoms with Gasteiger partial charge in [0.2, 0.25) is 5.91 Å². The average molecular weight is 372 g/mol. The molecule has 0 aromatic heterocycles. The Morgan fingerprint density at radius 2 is 1.78 bits per heavy atom. The Bertz CT molecular complexity index is 677. The Labute approximate surface area is 150 Å². The zero-order valence-corrected chi connectivity index (χ0v) is 14.7. The zero-order valence-electron chi connectivity index (χ0n) is 12.4. The summed E-state index contributed by atoms with van der Waals surface area (Å²) in [5.74, 6) is -0.000381. The highest BCUT2D eigenvalue weighted by molar-refractivity contribution is 6.42. The summed E-state index contributed by atoms with van der Waals surface area (Å²) in [6.45, 7) is 1.12. The van der Waals surface area contributed by atoms with Crippen LogP contribution >= 0.6 is 34.8 Å². The summed E-state index contributed by atoms with van der Waals surface area (Å²) in [6.07, 6.45) is 1.14. The molecular weight excluding hydrogens is 355 g/mol. The molecule has 6 heteroatoms. The SMILES string of the molecule is O=C(CCNc1ccc(Cl)c(Cl)c1)NCCc1cccc(Cl)c1. The highest BCUT2D eigenvalue weighted by atomic mass is 35.5. The van der Waals surface area contributed by atoms with Gasteiger partial charge in [-0.1, -0.05) is 46.9 Å². The molecule has 0 aliphatic rings. The minimum Gasteiger partial charge on any atom is -0.384 e. The molecule has 2 aromatic rings. The standard InChI is InChI=1S/C17H17Cl3N2O/c18-13-3-1-2-12(10-13)6-8-22-17(23)7-9-21-14-4-5-15(19)16(20)11-14/h1-5,10-11,21H,6-9H2,(H,22,23). The van der Waals surface area contributed by atoms with E-state index in [1.807, 2.05) is 30.3 Å². The summed E-state index contributed by atoms with van der Waals surface area (Å²) < 4.78 is 0. The maximum Gasteiger partial charge on any atom is 0.221 e. The van der Waals surface area contributed by atoms with Crippen molar-refractivity contribution >= 4 is 46.4 Å². The smallest absolute Gasteiger partial charge is 0.221 e. The van der Waals surface area contributed by atoms with Crippen LogP contribution in [0.25, 0.3) is 0 Å². The molecule has 0 atom stereocenters. The fraction of sp³-hybridized carbons (Fsp3) is 0.235. The molecule has 23 heavy (non-hydrogen) atoms. The number of hydrogen-bond acceptors (Lipinski definition) is 2. The van der Waals surface area contributed by atoms with E-state index in [9.17, 15) is 4.79 Å². The summed E-state index contributed by atoms with van der Waals surface area (Å²) in [7, 11) is 0. The van der Waals surface area contributed by atoms with Crippen molar-refractivity contribution in [3.63, 3.8) is 0 Å². The van der Waals surface area contributed by atoms with Crippen molar-refractivity contribution < 1.29 is 4.79 Å². The lowest BCUT2D eigenvalue weighted by atomic mass is 10.1. The van der Waals surface area contributed by atoms with Crippen LogP contribution in [-0.4, -0.2) is 19.0 Å². The van der Waals surface area contributed by atoms with Gasteiger partial charge < -0.3 is 10.6 Å². The first-order valence-electron chi connectivity index (χ1n) is 7.24. The normalized spacial score (nSPS) is 10.4. The van der Waals surface area contributed by atoms with E-state index in [0.29, 0.717) is 34.6 Å². The molecule has 122 valence electrons. The fourth-order valence-corrected chi connectivity index (χ4v) is 2.56. The van der Waals surface area contributed by atoms with Gasteiger partial charge in [-0.2, -0.15) is 0 Å². The Balaban J connectivity index is 1.66. The van der Waals surface area contributed by atoms with Gasteiger partial charge in [-0.15, -0.1) is 0 Å². The number of hydrogen-bond donors (Lipinski definition) is 2. The largest absolute Gasteiger partial charge is 0.384 e. The van der Waals surface area contributed by atoms with E-state index in [1.165, 1.54) is 0 Å². The predicted molar refractivity (Wildman–Crippen MR) is 97.7 cm³/mol. The number of carbonyl (C=O) groups is 1. The van der Waals surface area contributed by atoms with Crippen molar-refractivity contribution in [1.29, 1.82) is 0 Å². The Kier molecular flexibility index (Phi) is 7.03. The van der Waals surface area contributed by atoms with E-state index < -0.39 is 0 Å². The molecular formula is C17H17Cl3N2O. The third kappa shape index (κ3) is 6.30. The van der Waals surface area contributed by atoms with Crippen LogP contribution in [0.2, 0.25) is 15.1 Å². The van der Waals surface area contributed by atoms with Crippen LogP contribution in [0.15, 0.2) is 42.5 Å². The molecule has 0 aliphatic heterocycles. The summed E-state index contributed by atoms with van der Waals surface area (Å²) in [5.41, 5.74) is 1.94. The molecule has 2 N–H and O–H groups in total. The van der Waals surface area contributed by atoms with Crippen molar-refractivity contribution in [1.82, 2.24) is 5.32 Å². The Morgan fingerprint density at radius 3 is 2.52 bits per heavy atom. The fourth-order valence-electron chi connectivity index (χ4n) is 2.05. The number of amides is 1. The van der Waals surface area contributed by atoms with Crippen LogP contribution in [0.1, 0.15) is 12.0 Å². The van der Waals surface area contributed by atoms with Crippen molar-refractivity contribution in [2.45, 2.75) is 12.8 Å². The van der Waals surface area contributed by atoms with Crippen LogP contribution in [0, 0.1) is 0 Å². The molecule has 0 fully saturated rings. The van der Waals surface area contributed by atoms with E-state index in [1.54, 1.807) is 12.1 Å². The van der Waals surface area contributed by atoms with Gasteiger partial charge in [0.1, 0.15) is 0 Å². The Hall–Kier alpha value is -1.42. The zero-order chi connectivity index (χ0) is 16.7. The van der Waals surface area contributed by atoms with Gasteiger partial charge in [0.05, 0.1) is 10.0 Å². The lowest BCUT2D eigenvalue weighted by molar-refractivity contribution is -0.120. The monoisotopic (exact) mass is 370 g/mol. The molecule has 1 amide bonds. The number of benzene rings is 2. The summed E-state index contributed by atoms with van der Waals surface area (Å²) in [5, 5.41) is 7.73. The predicted octanol–water partition coefficient (Wildman–Crippen LogP) is 4.81. The maximum atomic E-state index is 11.8. The number of rotatable bonds is 7. The second-order valence-corrected chi connectivity index (χ2v) is 6.29. The lowest BCUT2D eigenvalue weighted by Crippen LogP contribution is -2.27. The van der Waals surface area contributed by atoms with Crippen LogP contribution < -0.4 is 10.6 Å². The van der Waals surface area contributed by atoms with E-state index in [2.05, 4.69) is 10.6 Å². The minimum atomic E-state index is -0.000381. The van der Waals surface area contributed by atoms with Crippen molar-refractivity contribution in [2.75, 3.05) is 18.4 Å². The van der Waals surface area contributed by atoms with Gasteiger partial charge in [0.25, 0.3) is 0 Å². The number of halogens is 3. The van der Waals surface area contributed by atoms with Gasteiger partial charge in [-0.3, -0.25) is 4.79 Å². The number of anilines is 1. The third-order valence-electron chi connectivity index (χ3n) is 3.23. The first kappa shape index (κ1) is 17.9. The van der Waals surface area contributed by atoms with Crippen LogP contribution in [0.5, 0.6) is 0 Å². The molecule has 2 rings (SSSR count). The van der Waals surface area contributed by atoms with Crippen molar-refractivity contribution in [3.05, 3.63) is 63.1 Å². The molecule has 0 radical (unpaired) electrons. The second kappa shape index (κ2) is 9.02. The topological polar surface area (TPSA) is 41.1 Å². The molecule has 0 saturated heterocycles. The first-order valence-corrected chi connectivity index (χ1v) is 8.38. The second-order valence-electron chi connectivity index (χ2n) is 5.04. The third-order valence-corrected chi connectivity index (χ3v) is 4.20. The minimum absolute atomic E-state index is 0.000381. The number of carbonyl (C=O) groups excluding carboxylic acids is 1. The molecule has 0 aliphatic carbocycles. The van der Waals surface area contributed by atoms with Crippen LogP contribution in [-0.2, 0) is 11.2 Å². The van der Waals surface area contributed by atoms with Crippen LogP contribution in [0.4, 0.5) is 5.69 Å². The highest BCUT2D eigenvalue weighted by Gasteiger charge is 2.03. The van der Waals surface area contributed by atoms with E-state index in [0.717, 1.165) is 17.7 Å². The van der Waals surface area contributed by atoms with Gasteiger partial charge in [-0.05, 0) is 42.3 Å². The molecule has 0 bridgehead atoms. The first-order chi connectivity index (χ1) is 11.0.